The van der Waals surface area contributed by atoms with Crippen molar-refractivity contribution in [3.8, 4) is 5.75 Å². The van der Waals surface area contributed by atoms with Crippen molar-refractivity contribution < 1.29 is 4.74 Å². The van der Waals surface area contributed by atoms with Gasteiger partial charge < -0.3 is 10.1 Å². The summed E-state index contributed by atoms with van der Waals surface area (Å²) < 4.78 is 5.74. The molecule has 0 amide bonds. The fourth-order valence-corrected chi connectivity index (χ4v) is 1.81. The Hall–Kier alpha value is -0.730. The molecular weight excluding hydrogens is 198 g/mol. The molecule has 0 bridgehead atoms. The van der Waals surface area contributed by atoms with Crippen molar-refractivity contribution in [1.82, 2.24) is 5.32 Å². The normalized spacial score (nSPS) is 25.6. The van der Waals surface area contributed by atoms with E-state index in [1.807, 2.05) is 31.3 Å². The van der Waals surface area contributed by atoms with E-state index in [4.69, 9.17) is 16.3 Å². The second-order valence-corrected chi connectivity index (χ2v) is 4.09. The van der Waals surface area contributed by atoms with E-state index in [9.17, 15) is 0 Å². The van der Waals surface area contributed by atoms with Crippen molar-refractivity contribution in [2.24, 2.45) is 0 Å². The predicted octanol–water partition coefficient (Wildman–Crippen LogP) is 2.47. The van der Waals surface area contributed by atoms with E-state index in [0.717, 1.165) is 23.6 Å². The van der Waals surface area contributed by atoms with Crippen molar-refractivity contribution >= 4 is 11.6 Å². The lowest BCUT2D eigenvalue weighted by Gasteiger charge is -2.35. The van der Waals surface area contributed by atoms with Gasteiger partial charge in [-0.15, -0.1) is 0 Å². The van der Waals surface area contributed by atoms with E-state index >= 15 is 0 Å². The van der Waals surface area contributed by atoms with Crippen LogP contribution in [0.3, 0.4) is 0 Å². The molecule has 0 atom stereocenters. The van der Waals surface area contributed by atoms with Crippen LogP contribution in [0.5, 0.6) is 5.75 Å². The zero-order valence-electron chi connectivity index (χ0n) is 8.16. The van der Waals surface area contributed by atoms with Gasteiger partial charge in [0.1, 0.15) is 11.9 Å². The second kappa shape index (κ2) is 4.20. The summed E-state index contributed by atoms with van der Waals surface area (Å²) in [5.41, 5.74) is 0. The molecule has 1 aromatic carbocycles. The van der Waals surface area contributed by atoms with Crippen molar-refractivity contribution in [3.63, 3.8) is 0 Å². The summed E-state index contributed by atoms with van der Waals surface area (Å²) >= 11 is 5.85. The molecule has 2 rings (SSSR count). The van der Waals surface area contributed by atoms with Gasteiger partial charge in [-0.25, -0.2) is 0 Å². The maximum absolute atomic E-state index is 5.85. The third-order valence-corrected chi connectivity index (χ3v) is 2.84. The van der Waals surface area contributed by atoms with Gasteiger partial charge in [-0.2, -0.15) is 0 Å². The van der Waals surface area contributed by atoms with Gasteiger partial charge in [0.15, 0.2) is 0 Å². The number of hydrogen-bond acceptors (Lipinski definition) is 2. The molecule has 0 spiro atoms. The van der Waals surface area contributed by atoms with E-state index in [1.54, 1.807) is 0 Å². The summed E-state index contributed by atoms with van der Waals surface area (Å²) in [4.78, 5) is 0. The summed E-state index contributed by atoms with van der Waals surface area (Å²) in [6.45, 7) is 0. The number of nitrogens with one attached hydrogen (secondary N) is 1. The molecular formula is C11H14ClNO. The fourth-order valence-electron chi connectivity index (χ4n) is 1.63. The van der Waals surface area contributed by atoms with Crippen LogP contribution in [0.15, 0.2) is 24.3 Å². The molecule has 1 aliphatic carbocycles. The first-order valence-electron chi connectivity index (χ1n) is 4.87. The van der Waals surface area contributed by atoms with Crippen LogP contribution in [0.25, 0.3) is 0 Å². The van der Waals surface area contributed by atoms with Crippen LogP contribution in [0.2, 0.25) is 5.02 Å². The minimum atomic E-state index is 0.353. The Morgan fingerprint density at radius 1 is 1.43 bits per heavy atom. The predicted molar refractivity (Wildman–Crippen MR) is 57.9 cm³/mol. The highest BCUT2D eigenvalue weighted by Crippen LogP contribution is 2.26. The first kappa shape index (κ1) is 9.81. The lowest BCUT2D eigenvalue weighted by Crippen LogP contribution is -2.45. The molecule has 14 heavy (non-hydrogen) atoms. The first-order chi connectivity index (χ1) is 6.78. The zero-order valence-corrected chi connectivity index (χ0v) is 8.92. The molecule has 2 nitrogen and oxygen atoms in total. The molecule has 0 radical (unpaired) electrons. The fraction of sp³-hybridized carbons (Fsp3) is 0.455. The number of rotatable bonds is 3. The monoisotopic (exact) mass is 211 g/mol. The molecule has 1 N–H and O–H groups in total. The van der Waals surface area contributed by atoms with Crippen molar-refractivity contribution in [2.45, 2.75) is 25.0 Å². The van der Waals surface area contributed by atoms with Gasteiger partial charge in [0, 0.05) is 11.1 Å². The number of ether oxygens (including phenoxy) is 1. The van der Waals surface area contributed by atoms with Crippen LogP contribution < -0.4 is 10.1 Å². The molecule has 0 unspecified atom stereocenters. The van der Waals surface area contributed by atoms with Crippen LogP contribution in [0.1, 0.15) is 12.8 Å². The molecule has 0 aliphatic heterocycles. The third kappa shape index (κ3) is 2.20. The van der Waals surface area contributed by atoms with E-state index in [0.29, 0.717) is 12.1 Å². The Labute approximate surface area is 89.2 Å². The average Bonchev–Trinajstić information content (AvgIpc) is 2.10. The zero-order chi connectivity index (χ0) is 9.97. The molecule has 1 saturated carbocycles. The molecule has 1 aromatic rings. The van der Waals surface area contributed by atoms with Gasteiger partial charge in [-0.05, 0) is 38.1 Å². The molecule has 1 aliphatic rings. The van der Waals surface area contributed by atoms with Gasteiger partial charge >= 0.3 is 0 Å². The van der Waals surface area contributed by atoms with E-state index in [-0.39, 0.29) is 0 Å². The van der Waals surface area contributed by atoms with Gasteiger partial charge in [0.25, 0.3) is 0 Å². The average molecular weight is 212 g/mol. The summed E-state index contributed by atoms with van der Waals surface area (Å²) in [6, 6.07) is 8.18. The molecule has 0 saturated heterocycles. The Morgan fingerprint density at radius 3 is 2.86 bits per heavy atom. The standard InChI is InChI=1S/C11H14ClNO/c1-13-9-6-11(7-9)14-10-4-2-3-8(12)5-10/h2-5,9,11,13H,6-7H2,1H3. The summed E-state index contributed by atoms with van der Waals surface area (Å²) in [5, 5.41) is 3.95. The highest BCUT2D eigenvalue weighted by Gasteiger charge is 2.29. The Bertz CT molecular complexity index is 310. The largest absolute Gasteiger partial charge is 0.490 e. The molecule has 76 valence electrons. The van der Waals surface area contributed by atoms with Crippen LogP contribution in [0, 0.1) is 0 Å². The summed E-state index contributed by atoms with van der Waals surface area (Å²) in [7, 11) is 1.99. The van der Waals surface area contributed by atoms with Gasteiger partial charge in [0.2, 0.25) is 0 Å². The van der Waals surface area contributed by atoms with Crippen LogP contribution >= 0.6 is 11.6 Å². The van der Waals surface area contributed by atoms with E-state index in [1.165, 1.54) is 0 Å². The SMILES string of the molecule is CNC1CC(Oc2cccc(Cl)c2)C1. The second-order valence-electron chi connectivity index (χ2n) is 3.65. The number of hydrogen-bond donors (Lipinski definition) is 1. The van der Waals surface area contributed by atoms with Gasteiger partial charge in [-0.3, -0.25) is 0 Å². The van der Waals surface area contributed by atoms with Gasteiger partial charge in [0.05, 0.1) is 0 Å². The number of halogens is 1. The number of benzene rings is 1. The lowest BCUT2D eigenvalue weighted by atomic mass is 9.89. The maximum Gasteiger partial charge on any atom is 0.121 e. The van der Waals surface area contributed by atoms with Crippen LogP contribution in [-0.4, -0.2) is 19.2 Å². The Kier molecular flexibility index (Phi) is 2.94. The molecule has 3 heteroatoms. The Balaban J connectivity index is 1.87. The quantitative estimate of drug-likeness (QED) is 0.830. The Morgan fingerprint density at radius 2 is 2.21 bits per heavy atom. The lowest BCUT2D eigenvalue weighted by molar-refractivity contribution is 0.0885. The van der Waals surface area contributed by atoms with Crippen molar-refractivity contribution in [1.29, 1.82) is 0 Å². The van der Waals surface area contributed by atoms with E-state index in [2.05, 4.69) is 5.32 Å². The third-order valence-electron chi connectivity index (χ3n) is 2.60. The minimum absolute atomic E-state index is 0.353. The first-order valence-corrected chi connectivity index (χ1v) is 5.25. The van der Waals surface area contributed by atoms with E-state index < -0.39 is 0 Å². The minimum Gasteiger partial charge on any atom is -0.490 e. The molecule has 1 fully saturated rings. The molecule has 0 aromatic heterocycles. The van der Waals surface area contributed by atoms with Crippen molar-refractivity contribution in [2.75, 3.05) is 7.05 Å². The van der Waals surface area contributed by atoms with Crippen LogP contribution in [0.4, 0.5) is 0 Å². The topological polar surface area (TPSA) is 21.3 Å². The maximum atomic E-state index is 5.85. The highest BCUT2D eigenvalue weighted by molar-refractivity contribution is 6.30. The highest BCUT2D eigenvalue weighted by atomic mass is 35.5. The van der Waals surface area contributed by atoms with Crippen LogP contribution in [-0.2, 0) is 0 Å². The van der Waals surface area contributed by atoms with Crippen molar-refractivity contribution in [3.05, 3.63) is 29.3 Å². The summed E-state index contributed by atoms with van der Waals surface area (Å²) in [6.07, 6.45) is 2.53. The molecule has 0 heterocycles. The smallest absolute Gasteiger partial charge is 0.121 e. The van der Waals surface area contributed by atoms with Gasteiger partial charge in [-0.1, -0.05) is 17.7 Å². The summed E-state index contributed by atoms with van der Waals surface area (Å²) in [5.74, 6) is 0.872.